The second-order valence-corrected chi connectivity index (χ2v) is 4.70. The van der Waals surface area contributed by atoms with Gasteiger partial charge in [-0.15, -0.1) is 0 Å². The highest BCUT2D eigenvalue weighted by atomic mass is 16.2. The first-order chi connectivity index (χ1) is 7.58. The summed E-state index contributed by atoms with van der Waals surface area (Å²) in [4.78, 5) is 13.2. The predicted molar refractivity (Wildman–Crippen MR) is 65.2 cm³/mol. The molecule has 0 heterocycles. The minimum atomic E-state index is 0.131. The fraction of sp³-hybridized carbons (Fsp3) is 0.462. The Morgan fingerprint density at radius 2 is 2.12 bits per heavy atom. The number of nitrogens with zero attached hydrogens (tertiary/aromatic N) is 1. The molecule has 0 bridgehead atoms. The lowest BCUT2D eigenvalue weighted by atomic mass is 10.0. The zero-order valence-corrected chi connectivity index (χ0v) is 9.86. The Morgan fingerprint density at radius 1 is 1.44 bits per heavy atom. The molecule has 86 valence electrons. The van der Waals surface area contributed by atoms with Crippen molar-refractivity contribution in [2.75, 3.05) is 19.8 Å². The first kappa shape index (κ1) is 11.0. The van der Waals surface area contributed by atoms with Crippen LogP contribution in [-0.2, 0) is 11.2 Å². The average molecular weight is 218 g/mol. The highest BCUT2D eigenvalue weighted by molar-refractivity contribution is 5.78. The molecule has 2 N–H and O–H groups in total. The van der Waals surface area contributed by atoms with Gasteiger partial charge in [-0.3, -0.25) is 4.79 Å². The lowest BCUT2D eigenvalue weighted by molar-refractivity contribution is -0.127. The number of likely N-dealkylation sites (N-methyl/N-ethyl adjacent to an activating group) is 1. The van der Waals surface area contributed by atoms with Crippen LogP contribution in [0.2, 0.25) is 0 Å². The molecule has 3 nitrogen and oxygen atoms in total. The number of nitrogens with two attached hydrogens (primary N) is 1. The van der Waals surface area contributed by atoms with Gasteiger partial charge < -0.3 is 10.6 Å². The van der Waals surface area contributed by atoms with Crippen molar-refractivity contribution < 1.29 is 4.79 Å². The van der Waals surface area contributed by atoms with Crippen LogP contribution < -0.4 is 5.73 Å². The summed E-state index contributed by atoms with van der Waals surface area (Å²) in [7, 11) is 3.56. The molecule has 0 aromatic heterocycles. The third-order valence-electron chi connectivity index (χ3n) is 3.02. The van der Waals surface area contributed by atoms with Crippen molar-refractivity contribution in [2.45, 2.75) is 25.2 Å². The summed E-state index contributed by atoms with van der Waals surface area (Å²) >= 11 is 0. The molecule has 0 radical (unpaired) electrons. The van der Waals surface area contributed by atoms with E-state index in [2.05, 4.69) is 6.07 Å². The molecular weight excluding hydrogens is 200 g/mol. The van der Waals surface area contributed by atoms with Crippen LogP contribution in [0.4, 0.5) is 5.69 Å². The molecule has 0 aliphatic heterocycles. The molecule has 1 aromatic carbocycles. The van der Waals surface area contributed by atoms with Crippen LogP contribution in [0.3, 0.4) is 0 Å². The van der Waals surface area contributed by atoms with Gasteiger partial charge in [0, 0.05) is 19.8 Å². The molecule has 1 aliphatic rings. The second kappa shape index (κ2) is 4.16. The summed E-state index contributed by atoms with van der Waals surface area (Å²) < 4.78 is 0. The first-order valence-electron chi connectivity index (χ1n) is 5.66. The average Bonchev–Trinajstić information content (AvgIpc) is 3.04. The van der Waals surface area contributed by atoms with Crippen LogP contribution in [0.5, 0.6) is 0 Å². The van der Waals surface area contributed by atoms with Gasteiger partial charge in [-0.25, -0.2) is 0 Å². The van der Waals surface area contributed by atoms with E-state index < -0.39 is 0 Å². The van der Waals surface area contributed by atoms with E-state index in [1.807, 2.05) is 12.1 Å². The lowest BCUT2D eigenvalue weighted by Crippen LogP contribution is -2.23. The minimum absolute atomic E-state index is 0.131. The van der Waals surface area contributed by atoms with Gasteiger partial charge in [0.1, 0.15) is 0 Å². The number of hydrogen-bond donors (Lipinski definition) is 1. The maximum absolute atomic E-state index is 11.6. The van der Waals surface area contributed by atoms with Gasteiger partial charge in [0.15, 0.2) is 0 Å². The molecule has 1 aliphatic carbocycles. The SMILES string of the molecule is CN(C)C(=O)Cc1ccc(N)c(C2CC2)c1. The molecule has 16 heavy (non-hydrogen) atoms. The molecule has 2 rings (SSSR count). The minimum Gasteiger partial charge on any atom is -0.398 e. The molecular formula is C13H18N2O. The zero-order valence-electron chi connectivity index (χ0n) is 9.86. The van der Waals surface area contributed by atoms with Crippen LogP contribution in [0.1, 0.15) is 29.9 Å². The summed E-state index contributed by atoms with van der Waals surface area (Å²) in [6, 6.07) is 5.96. The summed E-state index contributed by atoms with van der Waals surface area (Å²) in [6.45, 7) is 0. The number of carbonyl (C=O) groups excluding carboxylic acids is 1. The standard InChI is InChI=1S/C13H18N2O/c1-15(2)13(16)8-9-3-6-12(14)11(7-9)10-4-5-10/h3,6-7,10H,4-5,8,14H2,1-2H3. The number of benzene rings is 1. The largest absolute Gasteiger partial charge is 0.398 e. The van der Waals surface area contributed by atoms with Gasteiger partial charge in [-0.2, -0.15) is 0 Å². The number of carbonyl (C=O) groups is 1. The van der Waals surface area contributed by atoms with Gasteiger partial charge in [0.25, 0.3) is 0 Å². The maximum atomic E-state index is 11.6. The van der Waals surface area contributed by atoms with Crippen molar-refractivity contribution in [3.8, 4) is 0 Å². The fourth-order valence-electron chi connectivity index (χ4n) is 1.81. The normalized spacial score (nSPS) is 14.9. The van der Waals surface area contributed by atoms with Crippen LogP contribution in [0, 0.1) is 0 Å². The number of nitrogen functional groups attached to an aromatic ring is 1. The van der Waals surface area contributed by atoms with Crippen molar-refractivity contribution in [3.63, 3.8) is 0 Å². The number of amides is 1. The number of anilines is 1. The third kappa shape index (κ3) is 2.35. The Labute approximate surface area is 96.2 Å². The Morgan fingerprint density at radius 3 is 2.69 bits per heavy atom. The third-order valence-corrected chi connectivity index (χ3v) is 3.02. The van der Waals surface area contributed by atoms with Crippen molar-refractivity contribution in [3.05, 3.63) is 29.3 Å². The monoisotopic (exact) mass is 218 g/mol. The Hall–Kier alpha value is -1.51. The summed E-state index contributed by atoms with van der Waals surface area (Å²) in [5.74, 6) is 0.765. The van der Waals surface area contributed by atoms with Crippen molar-refractivity contribution in [1.29, 1.82) is 0 Å². The summed E-state index contributed by atoms with van der Waals surface area (Å²) in [6.07, 6.45) is 2.93. The van der Waals surface area contributed by atoms with Crippen LogP contribution >= 0.6 is 0 Å². The maximum Gasteiger partial charge on any atom is 0.226 e. The second-order valence-electron chi connectivity index (χ2n) is 4.70. The zero-order chi connectivity index (χ0) is 11.7. The van der Waals surface area contributed by atoms with E-state index in [0.29, 0.717) is 12.3 Å². The van der Waals surface area contributed by atoms with Crippen LogP contribution in [-0.4, -0.2) is 24.9 Å². The predicted octanol–water partition coefficient (Wildman–Crippen LogP) is 1.78. The fourth-order valence-corrected chi connectivity index (χ4v) is 1.81. The molecule has 0 spiro atoms. The smallest absolute Gasteiger partial charge is 0.226 e. The first-order valence-corrected chi connectivity index (χ1v) is 5.66. The van der Waals surface area contributed by atoms with Crippen LogP contribution in [0.25, 0.3) is 0 Å². The molecule has 1 fully saturated rings. The van der Waals surface area contributed by atoms with E-state index in [1.54, 1.807) is 19.0 Å². The van der Waals surface area contributed by atoms with E-state index in [0.717, 1.165) is 11.3 Å². The quantitative estimate of drug-likeness (QED) is 0.786. The Balaban J connectivity index is 2.16. The highest BCUT2D eigenvalue weighted by Crippen LogP contribution is 2.42. The molecule has 0 saturated heterocycles. The Bertz CT molecular complexity index is 408. The van der Waals surface area contributed by atoms with Crippen molar-refractivity contribution >= 4 is 11.6 Å². The van der Waals surface area contributed by atoms with Crippen LogP contribution in [0.15, 0.2) is 18.2 Å². The van der Waals surface area contributed by atoms with E-state index >= 15 is 0 Å². The molecule has 3 heteroatoms. The highest BCUT2D eigenvalue weighted by Gasteiger charge is 2.25. The van der Waals surface area contributed by atoms with E-state index in [4.69, 9.17) is 5.73 Å². The van der Waals surface area contributed by atoms with Gasteiger partial charge in [0.05, 0.1) is 6.42 Å². The van der Waals surface area contributed by atoms with Gasteiger partial charge in [0.2, 0.25) is 5.91 Å². The molecule has 0 unspecified atom stereocenters. The van der Waals surface area contributed by atoms with Gasteiger partial charge in [-0.05, 0) is 36.0 Å². The van der Waals surface area contributed by atoms with E-state index in [9.17, 15) is 4.79 Å². The van der Waals surface area contributed by atoms with Crippen molar-refractivity contribution in [2.24, 2.45) is 0 Å². The molecule has 0 atom stereocenters. The molecule has 1 aromatic rings. The van der Waals surface area contributed by atoms with Gasteiger partial charge in [-0.1, -0.05) is 12.1 Å². The number of hydrogen-bond acceptors (Lipinski definition) is 2. The van der Waals surface area contributed by atoms with Crippen molar-refractivity contribution in [1.82, 2.24) is 4.90 Å². The lowest BCUT2D eigenvalue weighted by Gasteiger charge is -2.11. The number of rotatable bonds is 3. The summed E-state index contributed by atoms with van der Waals surface area (Å²) in [5.41, 5.74) is 9.08. The van der Waals surface area contributed by atoms with Gasteiger partial charge >= 0.3 is 0 Å². The molecule has 1 saturated carbocycles. The summed E-state index contributed by atoms with van der Waals surface area (Å²) in [5, 5.41) is 0. The van der Waals surface area contributed by atoms with E-state index in [1.165, 1.54) is 18.4 Å². The Kier molecular flexibility index (Phi) is 2.86. The topological polar surface area (TPSA) is 46.3 Å². The van der Waals surface area contributed by atoms with E-state index in [-0.39, 0.29) is 5.91 Å². The molecule has 1 amide bonds.